The van der Waals surface area contributed by atoms with Crippen molar-refractivity contribution in [3.8, 4) is 5.75 Å². The molecular weight excluding hydrogens is 306 g/mol. The van der Waals surface area contributed by atoms with Gasteiger partial charge in [-0.2, -0.15) is 5.10 Å². The predicted molar refractivity (Wildman–Crippen MR) is 89.7 cm³/mol. The summed E-state index contributed by atoms with van der Waals surface area (Å²) in [6, 6.07) is 9.25. The molecule has 0 spiro atoms. The molecule has 0 aliphatic carbocycles. The van der Waals surface area contributed by atoms with E-state index in [4.69, 9.17) is 9.47 Å². The van der Waals surface area contributed by atoms with E-state index < -0.39 is 0 Å². The molecule has 1 amide bonds. The van der Waals surface area contributed by atoms with Gasteiger partial charge in [-0.25, -0.2) is 0 Å². The van der Waals surface area contributed by atoms with Crippen molar-refractivity contribution in [3.63, 3.8) is 0 Å². The van der Waals surface area contributed by atoms with Crippen molar-refractivity contribution in [2.45, 2.75) is 38.5 Å². The molecule has 1 fully saturated rings. The Morgan fingerprint density at radius 2 is 2.29 bits per heavy atom. The minimum Gasteiger partial charge on any atom is -0.491 e. The second-order valence-corrected chi connectivity index (χ2v) is 5.97. The molecule has 1 aliphatic rings. The van der Waals surface area contributed by atoms with Crippen molar-refractivity contribution in [1.29, 1.82) is 0 Å². The number of aromatic nitrogens is 2. The lowest BCUT2D eigenvalue weighted by Gasteiger charge is -2.13. The molecule has 1 aliphatic heterocycles. The molecule has 1 saturated heterocycles. The first kappa shape index (κ1) is 16.5. The Kier molecular flexibility index (Phi) is 5.48. The van der Waals surface area contributed by atoms with E-state index in [0.717, 1.165) is 30.8 Å². The van der Waals surface area contributed by atoms with Crippen LogP contribution in [0.4, 0.5) is 0 Å². The van der Waals surface area contributed by atoms with Crippen LogP contribution in [0.25, 0.3) is 0 Å². The third-order valence-electron chi connectivity index (χ3n) is 4.15. The Hall–Kier alpha value is -2.34. The molecule has 6 heteroatoms. The third-order valence-corrected chi connectivity index (χ3v) is 4.15. The summed E-state index contributed by atoms with van der Waals surface area (Å²) in [6.07, 6.45) is 5.85. The van der Waals surface area contributed by atoms with Crippen LogP contribution >= 0.6 is 0 Å². The average Bonchev–Trinajstić information content (AvgIpc) is 3.31. The summed E-state index contributed by atoms with van der Waals surface area (Å²) >= 11 is 0. The van der Waals surface area contributed by atoms with Crippen LogP contribution in [0.1, 0.15) is 31.4 Å². The van der Waals surface area contributed by atoms with Crippen LogP contribution < -0.4 is 10.1 Å². The molecule has 3 rings (SSSR count). The van der Waals surface area contributed by atoms with Crippen molar-refractivity contribution in [2.75, 3.05) is 13.2 Å². The van der Waals surface area contributed by atoms with E-state index in [2.05, 4.69) is 10.4 Å². The molecular formula is C18H23N3O3. The molecule has 0 saturated carbocycles. The van der Waals surface area contributed by atoms with Gasteiger partial charge in [0.25, 0.3) is 0 Å². The molecule has 2 heterocycles. The van der Waals surface area contributed by atoms with Crippen molar-refractivity contribution >= 4 is 5.91 Å². The molecule has 2 atom stereocenters. The number of nitrogens with zero attached hydrogens (tertiary/aromatic N) is 2. The number of nitrogens with one attached hydrogen (secondary N) is 1. The Labute approximate surface area is 141 Å². The lowest BCUT2D eigenvalue weighted by molar-refractivity contribution is -0.124. The fourth-order valence-electron chi connectivity index (χ4n) is 2.64. The van der Waals surface area contributed by atoms with Crippen molar-refractivity contribution in [2.24, 2.45) is 0 Å². The second kappa shape index (κ2) is 7.97. The Balaban J connectivity index is 1.44. The summed E-state index contributed by atoms with van der Waals surface area (Å²) in [5.41, 5.74) is 1.03. The molecule has 0 radical (unpaired) electrons. The highest BCUT2D eigenvalue weighted by molar-refractivity contribution is 5.79. The zero-order valence-corrected chi connectivity index (χ0v) is 13.9. The number of hydrogen-bond acceptors (Lipinski definition) is 4. The van der Waals surface area contributed by atoms with Crippen LogP contribution in [0.3, 0.4) is 0 Å². The zero-order valence-electron chi connectivity index (χ0n) is 13.9. The first-order chi connectivity index (χ1) is 11.7. The monoisotopic (exact) mass is 329 g/mol. The highest BCUT2D eigenvalue weighted by atomic mass is 16.5. The predicted octanol–water partition coefficient (Wildman–Crippen LogP) is 2.32. The average molecular weight is 329 g/mol. The third kappa shape index (κ3) is 4.35. The summed E-state index contributed by atoms with van der Waals surface area (Å²) in [6.45, 7) is 3.74. The Bertz CT molecular complexity index is 634. The van der Waals surface area contributed by atoms with Crippen molar-refractivity contribution in [3.05, 3.63) is 48.3 Å². The maximum absolute atomic E-state index is 12.1. The van der Waals surface area contributed by atoms with E-state index in [1.165, 1.54) is 0 Å². The van der Waals surface area contributed by atoms with E-state index >= 15 is 0 Å². The Morgan fingerprint density at radius 1 is 1.46 bits per heavy atom. The Morgan fingerprint density at radius 3 is 2.96 bits per heavy atom. The number of carbonyl (C=O) groups excluding carboxylic acids is 1. The van der Waals surface area contributed by atoms with Gasteiger partial charge in [0, 0.05) is 25.5 Å². The SMILES string of the molecule is C[C@@H](C(=O)NCc1ccc(OC[C@@H]2CCCO2)cc1)n1cccn1. The number of benzene rings is 1. The van der Waals surface area contributed by atoms with Crippen LogP contribution in [-0.2, 0) is 16.1 Å². The maximum atomic E-state index is 12.1. The molecule has 0 bridgehead atoms. The molecule has 128 valence electrons. The van der Waals surface area contributed by atoms with Crippen molar-refractivity contribution in [1.82, 2.24) is 15.1 Å². The van der Waals surface area contributed by atoms with Gasteiger partial charge in [-0.3, -0.25) is 9.48 Å². The van der Waals surface area contributed by atoms with Crippen LogP contribution in [0.2, 0.25) is 0 Å². The first-order valence-electron chi connectivity index (χ1n) is 8.32. The number of hydrogen-bond donors (Lipinski definition) is 1. The summed E-state index contributed by atoms with van der Waals surface area (Å²) in [7, 11) is 0. The number of carbonyl (C=O) groups is 1. The van der Waals surface area contributed by atoms with E-state index in [9.17, 15) is 4.79 Å². The van der Waals surface area contributed by atoms with Gasteiger partial charge in [-0.15, -0.1) is 0 Å². The molecule has 6 nitrogen and oxygen atoms in total. The fraction of sp³-hybridized carbons (Fsp3) is 0.444. The van der Waals surface area contributed by atoms with Crippen LogP contribution in [0.5, 0.6) is 5.75 Å². The standard InChI is InChI=1S/C18H23N3O3/c1-14(21-10-3-9-20-21)18(22)19-12-15-5-7-16(8-6-15)24-13-17-4-2-11-23-17/h3,5-10,14,17H,2,4,11-13H2,1H3,(H,19,22)/t14-,17-/m0/s1. The van der Waals surface area contributed by atoms with E-state index in [0.29, 0.717) is 13.2 Å². The van der Waals surface area contributed by atoms with Gasteiger partial charge in [-0.1, -0.05) is 12.1 Å². The van der Waals surface area contributed by atoms with Crippen LogP contribution in [0, 0.1) is 0 Å². The second-order valence-electron chi connectivity index (χ2n) is 5.97. The van der Waals surface area contributed by atoms with Gasteiger partial charge in [-0.05, 0) is 43.5 Å². The summed E-state index contributed by atoms with van der Waals surface area (Å²) in [4.78, 5) is 12.1. The van der Waals surface area contributed by atoms with Gasteiger partial charge in [0.15, 0.2) is 0 Å². The fourth-order valence-corrected chi connectivity index (χ4v) is 2.64. The highest BCUT2D eigenvalue weighted by Crippen LogP contribution is 2.16. The quantitative estimate of drug-likeness (QED) is 0.847. The van der Waals surface area contributed by atoms with Crippen LogP contribution in [0.15, 0.2) is 42.7 Å². The lowest BCUT2D eigenvalue weighted by Crippen LogP contribution is -2.30. The molecule has 1 aromatic heterocycles. The van der Waals surface area contributed by atoms with Crippen molar-refractivity contribution < 1.29 is 14.3 Å². The maximum Gasteiger partial charge on any atom is 0.244 e. The van der Waals surface area contributed by atoms with E-state index in [1.54, 1.807) is 23.1 Å². The molecule has 24 heavy (non-hydrogen) atoms. The first-order valence-corrected chi connectivity index (χ1v) is 8.32. The number of amides is 1. The number of rotatable bonds is 7. The minimum absolute atomic E-state index is 0.0580. The summed E-state index contributed by atoms with van der Waals surface area (Å²) < 4.78 is 12.9. The van der Waals surface area contributed by atoms with E-state index in [1.807, 2.05) is 31.2 Å². The van der Waals surface area contributed by atoms with Crippen LogP contribution in [-0.4, -0.2) is 35.0 Å². The molecule has 1 N–H and O–H groups in total. The van der Waals surface area contributed by atoms with Gasteiger partial charge in [0.05, 0.1) is 6.10 Å². The smallest absolute Gasteiger partial charge is 0.244 e. The largest absolute Gasteiger partial charge is 0.491 e. The zero-order chi connectivity index (χ0) is 16.8. The minimum atomic E-state index is -0.325. The normalized spacial score (nSPS) is 18.3. The molecule has 0 unspecified atom stereocenters. The molecule has 2 aromatic rings. The van der Waals surface area contributed by atoms with E-state index in [-0.39, 0.29) is 18.1 Å². The number of ether oxygens (including phenoxy) is 2. The summed E-state index contributed by atoms with van der Waals surface area (Å²) in [5, 5.41) is 7.01. The lowest BCUT2D eigenvalue weighted by atomic mass is 10.2. The van der Waals surface area contributed by atoms with Gasteiger partial charge in [0.2, 0.25) is 5.91 Å². The van der Waals surface area contributed by atoms with Gasteiger partial charge >= 0.3 is 0 Å². The topological polar surface area (TPSA) is 65.4 Å². The summed E-state index contributed by atoms with van der Waals surface area (Å²) in [5.74, 6) is 0.767. The highest BCUT2D eigenvalue weighted by Gasteiger charge is 2.16. The van der Waals surface area contributed by atoms with Gasteiger partial charge < -0.3 is 14.8 Å². The van der Waals surface area contributed by atoms with Gasteiger partial charge in [0.1, 0.15) is 18.4 Å². The molecule has 1 aromatic carbocycles.